The van der Waals surface area contributed by atoms with Crippen molar-refractivity contribution in [2.75, 3.05) is 16.8 Å². The summed E-state index contributed by atoms with van der Waals surface area (Å²) in [5.41, 5.74) is 1.36. The van der Waals surface area contributed by atoms with E-state index in [1.165, 1.54) is 6.92 Å². The number of halogens is 1. The summed E-state index contributed by atoms with van der Waals surface area (Å²) in [4.78, 5) is 39.4. The van der Waals surface area contributed by atoms with Crippen molar-refractivity contribution in [1.82, 2.24) is 5.32 Å². The van der Waals surface area contributed by atoms with Crippen LogP contribution in [0.5, 0.6) is 0 Å². The molecular formula is C24H22ClN3O4. The maximum atomic E-state index is 13.4. The lowest BCUT2D eigenvalue weighted by Crippen LogP contribution is -2.44. The standard InChI is InChI=1S/C24H22ClN3O4/c1-14(29)27-16-6-8-17(9-7-16)28-13-24-11-10-19(32-24)20(21(24)23(28)31)22(30)26-12-15-4-2-3-5-18(15)25/h2-11,19-21H,12-13H2,1H3,(H,26,30)(H,27,29)/t19-,20?,21?,24?/m1/s1. The van der Waals surface area contributed by atoms with E-state index in [0.717, 1.165) is 5.56 Å². The third-order valence-corrected chi connectivity index (χ3v) is 6.68. The number of benzene rings is 2. The highest BCUT2D eigenvalue weighted by atomic mass is 35.5. The Morgan fingerprint density at radius 1 is 1.19 bits per heavy atom. The number of nitrogens with zero attached hydrogens (tertiary/aromatic N) is 1. The quantitative estimate of drug-likeness (QED) is 0.684. The summed E-state index contributed by atoms with van der Waals surface area (Å²) >= 11 is 6.20. The first-order valence-electron chi connectivity index (χ1n) is 10.5. The molecule has 0 aromatic heterocycles. The predicted molar refractivity (Wildman–Crippen MR) is 120 cm³/mol. The molecule has 3 aliphatic heterocycles. The van der Waals surface area contributed by atoms with Gasteiger partial charge in [-0.3, -0.25) is 14.4 Å². The van der Waals surface area contributed by atoms with Gasteiger partial charge in [0, 0.05) is 29.9 Å². The fourth-order valence-electron chi connectivity index (χ4n) is 4.89. The van der Waals surface area contributed by atoms with E-state index in [0.29, 0.717) is 22.9 Å². The molecule has 0 aliphatic carbocycles. The Hall–Kier alpha value is -3.16. The van der Waals surface area contributed by atoms with Gasteiger partial charge in [-0.15, -0.1) is 0 Å². The van der Waals surface area contributed by atoms with Crippen LogP contribution in [0.4, 0.5) is 11.4 Å². The maximum absolute atomic E-state index is 13.4. The maximum Gasteiger partial charge on any atom is 0.234 e. The van der Waals surface area contributed by atoms with Crippen LogP contribution in [0, 0.1) is 11.8 Å². The summed E-state index contributed by atoms with van der Waals surface area (Å²) in [6, 6.07) is 14.4. The minimum Gasteiger partial charge on any atom is -0.360 e. The van der Waals surface area contributed by atoms with Gasteiger partial charge in [-0.25, -0.2) is 0 Å². The van der Waals surface area contributed by atoms with Crippen LogP contribution >= 0.6 is 11.6 Å². The van der Waals surface area contributed by atoms with E-state index in [1.807, 2.05) is 30.4 Å². The van der Waals surface area contributed by atoms with Gasteiger partial charge in [0.2, 0.25) is 17.7 Å². The van der Waals surface area contributed by atoms with Gasteiger partial charge in [0.1, 0.15) is 5.60 Å². The van der Waals surface area contributed by atoms with Crippen LogP contribution in [0.2, 0.25) is 5.02 Å². The lowest BCUT2D eigenvalue weighted by molar-refractivity contribution is -0.132. The van der Waals surface area contributed by atoms with E-state index >= 15 is 0 Å². The van der Waals surface area contributed by atoms with Gasteiger partial charge in [0.15, 0.2) is 0 Å². The lowest BCUT2D eigenvalue weighted by atomic mass is 9.77. The summed E-state index contributed by atoms with van der Waals surface area (Å²) in [5, 5.41) is 6.22. The summed E-state index contributed by atoms with van der Waals surface area (Å²) < 4.78 is 6.17. The van der Waals surface area contributed by atoms with Gasteiger partial charge in [-0.2, -0.15) is 0 Å². The SMILES string of the molecule is CC(=O)Nc1ccc(N2CC34C=C[C@@H](O3)C(C(=O)NCc3ccccc3Cl)C4C2=O)cc1. The molecule has 0 saturated carbocycles. The molecule has 2 aromatic rings. The lowest BCUT2D eigenvalue weighted by Gasteiger charge is -2.23. The first kappa shape index (κ1) is 20.7. The molecule has 5 rings (SSSR count). The zero-order chi connectivity index (χ0) is 22.5. The highest BCUT2D eigenvalue weighted by Gasteiger charge is 2.67. The van der Waals surface area contributed by atoms with Crippen molar-refractivity contribution in [3.8, 4) is 0 Å². The molecule has 8 heteroatoms. The fourth-order valence-corrected chi connectivity index (χ4v) is 5.09. The third kappa shape index (κ3) is 3.38. The fraction of sp³-hybridized carbons (Fsp3) is 0.292. The smallest absolute Gasteiger partial charge is 0.234 e. The molecule has 3 amide bonds. The zero-order valence-corrected chi connectivity index (χ0v) is 18.1. The first-order valence-corrected chi connectivity index (χ1v) is 10.8. The van der Waals surface area contributed by atoms with Crippen molar-refractivity contribution >= 4 is 40.7 Å². The number of hydrogen-bond acceptors (Lipinski definition) is 4. The van der Waals surface area contributed by atoms with Gasteiger partial charge in [-0.05, 0) is 35.9 Å². The van der Waals surface area contributed by atoms with Crippen molar-refractivity contribution in [2.45, 2.75) is 25.2 Å². The monoisotopic (exact) mass is 451 g/mol. The van der Waals surface area contributed by atoms with Crippen LogP contribution in [-0.4, -0.2) is 36.0 Å². The third-order valence-electron chi connectivity index (χ3n) is 6.31. The Labute approximate surface area is 190 Å². The van der Waals surface area contributed by atoms with E-state index in [9.17, 15) is 14.4 Å². The second-order valence-corrected chi connectivity index (χ2v) is 8.77. The molecule has 32 heavy (non-hydrogen) atoms. The Kier molecular flexibility index (Phi) is 5.03. The zero-order valence-electron chi connectivity index (χ0n) is 17.4. The molecule has 2 saturated heterocycles. The van der Waals surface area contributed by atoms with Crippen molar-refractivity contribution < 1.29 is 19.1 Å². The molecule has 4 atom stereocenters. The van der Waals surface area contributed by atoms with Gasteiger partial charge in [0.05, 0.1) is 24.5 Å². The predicted octanol–water partition coefficient (Wildman–Crippen LogP) is 2.90. The van der Waals surface area contributed by atoms with E-state index in [1.54, 1.807) is 35.2 Å². The Balaban J connectivity index is 1.34. The molecular weight excluding hydrogens is 430 g/mol. The Morgan fingerprint density at radius 3 is 2.66 bits per heavy atom. The number of fused-ring (bicyclic) bond motifs is 1. The summed E-state index contributed by atoms with van der Waals surface area (Å²) in [5.74, 6) is -1.70. The Morgan fingerprint density at radius 2 is 1.94 bits per heavy atom. The molecule has 3 unspecified atom stereocenters. The molecule has 2 fully saturated rings. The molecule has 164 valence electrons. The molecule has 3 heterocycles. The Bertz CT molecular complexity index is 1130. The topological polar surface area (TPSA) is 87.7 Å². The molecule has 0 radical (unpaired) electrons. The number of amides is 3. The first-order chi connectivity index (χ1) is 15.4. The van der Waals surface area contributed by atoms with Crippen LogP contribution in [0.1, 0.15) is 12.5 Å². The number of rotatable bonds is 5. The van der Waals surface area contributed by atoms with Crippen LogP contribution < -0.4 is 15.5 Å². The minimum atomic E-state index is -0.801. The summed E-state index contributed by atoms with van der Waals surface area (Å²) in [6.07, 6.45) is 3.39. The summed E-state index contributed by atoms with van der Waals surface area (Å²) in [7, 11) is 0. The van der Waals surface area contributed by atoms with Crippen molar-refractivity contribution in [1.29, 1.82) is 0 Å². The average molecular weight is 452 g/mol. The molecule has 2 bridgehead atoms. The number of nitrogens with one attached hydrogen (secondary N) is 2. The van der Waals surface area contributed by atoms with E-state index in [2.05, 4.69) is 10.6 Å². The molecule has 1 spiro atoms. The second-order valence-electron chi connectivity index (χ2n) is 8.36. The highest BCUT2D eigenvalue weighted by molar-refractivity contribution is 6.31. The van der Waals surface area contributed by atoms with Crippen LogP contribution in [0.25, 0.3) is 0 Å². The highest BCUT2D eigenvalue weighted by Crippen LogP contribution is 2.52. The van der Waals surface area contributed by atoms with Gasteiger partial charge in [0.25, 0.3) is 0 Å². The second kappa shape index (κ2) is 7.76. The van der Waals surface area contributed by atoms with Crippen molar-refractivity contribution in [3.63, 3.8) is 0 Å². The van der Waals surface area contributed by atoms with Crippen molar-refractivity contribution in [2.24, 2.45) is 11.8 Å². The number of ether oxygens (including phenoxy) is 1. The van der Waals surface area contributed by atoms with Crippen LogP contribution in [0.3, 0.4) is 0 Å². The van der Waals surface area contributed by atoms with E-state index < -0.39 is 23.5 Å². The number of carbonyl (C=O) groups excluding carboxylic acids is 3. The molecule has 7 nitrogen and oxygen atoms in total. The van der Waals surface area contributed by atoms with Crippen LogP contribution in [-0.2, 0) is 25.7 Å². The minimum absolute atomic E-state index is 0.137. The molecule has 3 aliphatic rings. The van der Waals surface area contributed by atoms with Gasteiger partial charge >= 0.3 is 0 Å². The largest absolute Gasteiger partial charge is 0.360 e. The van der Waals surface area contributed by atoms with Gasteiger partial charge in [-0.1, -0.05) is 42.0 Å². The summed E-state index contributed by atoms with van der Waals surface area (Å²) in [6.45, 7) is 2.07. The van der Waals surface area contributed by atoms with E-state index in [4.69, 9.17) is 16.3 Å². The average Bonchev–Trinajstić information content (AvgIpc) is 3.41. The van der Waals surface area contributed by atoms with E-state index in [-0.39, 0.29) is 24.3 Å². The van der Waals surface area contributed by atoms with Crippen molar-refractivity contribution in [3.05, 3.63) is 71.3 Å². The number of hydrogen-bond donors (Lipinski definition) is 2. The van der Waals surface area contributed by atoms with Crippen LogP contribution in [0.15, 0.2) is 60.7 Å². The van der Waals surface area contributed by atoms with Gasteiger partial charge < -0.3 is 20.3 Å². The normalized spacial score (nSPS) is 27.5. The molecule has 2 N–H and O–H groups in total. The molecule has 2 aromatic carbocycles. The number of anilines is 2. The number of carbonyl (C=O) groups is 3.